The molecule has 0 saturated heterocycles. The molecule has 1 aliphatic carbocycles. The van der Waals surface area contributed by atoms with Gasteiger partial charge >= 0.3 is 6.18 Å². The van der Waals surface area contributed by atoms with Crippen LogP contribution in [0.4, 0.5) is 13.2 Å². The number of H-pyrrole nitrogens is 1. The maximum absolute atomic E-state index is 12.4. The van der Waals surface area contributed by atoms with Gasteiger partial charge in [0.2, 0.25) is 0 Å². The van der Waals surface area contributed by atoms with Crippen molar-refractivity contribution >= 4 is 5.91 Å². The Morgan fingerprint density at radius 1 is 1.33 bits per heavy atom. The van der Waals surface area contributed by atoms with E-state index in [0.717, 1.165) is 0 Å². The molecule has 1 aromatic rings. The van der Waals surface area contributed by atoms with E-state index in [9.17, 15) is 18.0 Å². The molecule has 2 rings (SSSR count). The lowest BCUT2D eigenvalue weighted by molar-refractivity contribution is -0.182. The van der Waals surface area contributed by atoms with Gasteiger partial charge in [-0.25, -0.2) is 0 Å². The van der Waals surface area contributed by atoms with Crippen molar-refractivity contribution in [2.45, 2.75) is 37.9 Å². The molecule has 1 saturated carbocycles. The summed E-state index contributed by atoms with van der Waals surface area (Å²) in [6.45, 7) is 0. The summed E-state index contributed by atoms with van der Waals surface area (Å²) in [7, 11) is 0. The highest BCUT2D eigenvalue weighted by molar-refractivity contribution is 5.91. The Morgan fingerprint density at radius 2 is 2.00 bits per heavy atom. The zero-order valence-corrected chi connectivity index (χ0v) is 9.50. The Labute approximate surface area is 101 Å². The SMILES string of the molecule is O=C(NC1CCC(C(F)(F)F)CC1)c1cn[nH]n1. The summed E-state index contributed by atoms with van der Waals surface area (Å²) in [5.74, 6) is -1.64. The summed E-state index contributed by atoms with van der Waals surface area (Å²) in [5.41, 5.74) is 0.146. The number of carbonyl (C=O) groups excluding carboxylic acids is 1. The van der Waals surface area contributed by atoms with Crippen LogP contribution in [-0.4, -0.2) is 33.5 Å². The Balaban J connectivity index is 1.82. The van der Waals surface area contributed by atoms with E-state index in [1.54, 1.807) is 0 Å². The standard InChI is InChI=1S/C10H13F3N4O/c11-10(12,13)6-1-3-7(4-2-6)15-9(18)8-5-14-17-16-8/h5-7H,1-4H2,(H,15,18)(H,14,16,17). The number of halogens is 3. The average Bonchev–Trinajstić information content (AvgIpc) is 2.82. The molecule has 100 valence electrons. The van der Waals surface area contributed by atoms with E-state index in [2.05, 4.69) is 20.7 Å². The Morgan fingerprint density at radius 3 is 2.50 bits per heavy atom. The zero-order chi connectivity index (χ0) is 13.2. The molecule has 0 spiro atoms. The lowest BCUT2D eigenvalue weighted by Gasteiger charge is -2.30. The lowest BCUT2D eigenvalue weighted by Crippen LogP contribution is -2.40. The number of carbonyl (C=O) groups is 1. The molecule has 18 heavy (non-hydrogen) atoms. The molecule has 1 fully saturated rings. The second-order valence-electron chi connectivity index (χ2n) is 4.42. The van der Waals surface area contributed by atoms with Gasteiger partial charge in [-0.2, -0.15) is 28.6 Å². The third-order valence-corrected chi connectivity index (χ3v) is 3.17. The molecule has 1 amide bonds. The van der Waals surface area contributed by atoms with Gasteiger partial charge in [-0.15, -0.1) is 0 Å². The molecular formula is C10H13F3N4O. The number of aromatic nitrogens is 3. The largest absolute Gasteiger partial charge is 0.391 e. The predicted molar refractivity (Wildman–Crippen MR) is 55.6 cm³/mol. The number of rotatable bonds is 2. The molecule has 1 aromatic heterocycles. The first-order valence-corrected chi connectivity index (χ1v) is 5.70. The number of alkyl halides is 3. The quantitative estimate of drug-likeness (QED) is 0.851. The summed E-state index contributed by atoms with van der Waals surface area (Å²) >= 11 is 0. The molecule has 8 heteroatoms. The van der Waals surface area contributed by atoms with Gasteiger partial charge in [-0.3, -0.25) is 4.79 Å². The first-order valence-electron chi connectivity index (χ1n) is 5.70. The highest BCUT2D eigenvalue weighted by Crippen LogP contribution is 2.37. The molecule has 1 heterocycles. The molecule has 0 radical (unpaired) electrons. The van der Waals surface area contributed by atoms with Crippen molar-refractivity contribution in [3.63, 3.8) is 0 Å². The van der Waals surface area contributed by atoms with Crippen LogP contribution in [-0.2, 0) is 0 Å². The number of aromatic amines is 1. The van der Waals surface area contributed by atoms with Crippen LogP contribution in [0.25, 0.3) is 0 Å². The van der Waals surface area contributed by atoms with Gasteiger partial charge in [-0.1, -0.05) is 0 Å². The molecule has 0 aliphatic heterocycles. The molecule has 0 bridgehead atoms. The van der Waals surface area contributed by atoms with E-state index < -0.39 is 18.0 Å². The predicted octanol–water partition coefficient (Wildman–Crippen LogP) is 1.66. The molecule has 0 aromatic carbocycles. The maximum Gasteiger partial charge on any atom is 0.391 e. The van der Waals surface area contributed by atoms with E-state index in [1.807, 2.05) is 0 Å². The van der Waals surface area contributed by atoms with Gasteiger partial charge in [0, 0.05) is 6.04 Å². The van der Waals surface area contributed by atoms with Crippen LogP contribution in [0.2, 0.25) is 0 Å². The third-order valence-electron chi connectivity index (χ3n) is 3.17. The first kappa shape index (κ1) is 12.8. The highest BCUT2D eigenvalue weighted by Gasteiger charge is 2.41. The summed E-state index contributed by atoms with van der Waals surface area (Å²) in [4.78, 5) is 11.6. The van der Waals surface area contributed by atoms with Crippen LogP contribution in [0.3, 0.4) is 0 Å². The van der Waals surface area contributed by atoms with Gasteiger partial charge in [-0.05, 0) is 25.7 Å². The fourth-order valence-corrected chi connectivity index (χ4v) is 2.14. The smallest absolute Gasteiger partial charge is 0.348 e. The van der Waals surface area contributed by atoms with Gasteiger partial charge in [0.1, 0.15) is 0 Å². The van der Waals surface area contributed by atoms with Gasteiger partial charge in [0.15, 0.2) is 5.69 Å². The lowest BCUT2D eigenvalue weighted by atomic mass is 9.85. The van der Waals surface area contributed by atoms with Crippen molar-refractivity contribution in [2.24, 2.45) is 5.92 Å². The van der Waals surface area contributed by atoms with E-state index in [0.29, 0.717) is 12.8 Å². The van der Waals surface area contributed by atoms with Gasteiger partial charge < -0.3 is 5.32 Å². The minimum Gasteiger partial charge on any atom is -0.348 e. The topological polar surface area (TPSA) is 70.7 Å². The second kappa shape index (κ2) is 4.95. The van der Waals surface area contributed by atoms with Gasteiger partial charge in [0.25, 0.3) is 5.91 Å². The number of hydrogen-bond acceptors (Lipinski definition) is 3. The molecule has 0 unspecified atom stereocenters. The van der Waals surface area contributed by atoms with Crippen LogP contribution in [0.5, 0.6) is 0 Å². The Hall–Kier alpha value is -1.60. The Kier molecular flexibility index (Phi) is 3.53. The summed E-state index contributed by atoms with van der Waals surface area (Å²) in [5, 5.41) is 12.1. The first-order chi connectivity index (χ1) is 8.47. The van der Waals surface area contributed by atoms with Crippen LogP contribution >= 0.6 is 0 Å². The normalized spacial score (nSPS) is 24.8. The fraction of sp³-hybridized carbons (Fsp3) is 0.700. The molecule has 5 nitrogen and oxygen atoms in total. The van der Waals surface area contributed by atoms with Crippen LogP contribution in [0.15, 0.2) is 6.20 Å². The van der Waals surface area contributed by atoms with Gasteiger partial charge in [0.05, 0.1) is 12.1 Å². The zero-order valence-electron chi connectivity index (χ0n) is 9.50. The van der Waals surface area contributed by atoms with Crippen molar-refractivity contribution < 1.29 is 18.0 Å². The average molecular weight is 262 g/mol. The van der Waals surface area contributed by atoms with E-state index >= 15 is 0 Å². The molecule has 2 N–H and O–H groups in total. The molecule has 1 aliphatic rings. The number of amides is 1. The molecular weight excluding hydrogens is 249 g/mol. The summed E-state index contributed by atoms with van der Waals surface area (Å²) < 4.78 is 37.3. The summed E-state index contributed by atoms with van der Waals surface area (Å²) in [6, 6.07) is -0.215. The third kappa shape index (κ3) is 2.99. The van der Waals surface area contributed by atoms with Crippen LogP contribution < -0.4 is 5.32 Å². The monoisotopic (exact) mass is 262 g/mol. The molecule has 0 atom stereocenters. The minimum absolute atomic E-state index is 0.0628. The highest BCUT2D eigenvalue weighted by atomic mass is 19.4. The van der Waals surface area contributed by atoms with E-state index in [-0.39, 0.29) is 24.6 Å². The van der Waals surface area contributed by atoms with E-state index in [4.69, 9.17) is 0 Å². The van der Waals surface area contributed by atoms with Crippen LogP contribution in [0.1, 0.15) is 36.2 Å². The fourth-order valence-electron chi connectivity index (χ4n) is 2.14. The van der Waals surface area contributed by atoms with E-state index in [1.165, 1.54) is 6.20 Å². The van der Waals surface area contributed by atoms with Crippen molar-refractivity contribution in [3.05, 3.63) is 11.9 Å². The van der Waals surface area contributed by atoms with Crippen molar-refractivity contribution in [1.82, 2.24) is 20.7 Å². The Bertz CT molecular complexity index is 396. The van der Waals surface area contributed by atoms with Crippen LogP contribution in [0, 0.1) is 5.92 Å². The van der Waals surface area contributed by atoms with Crippen molar-refractivity contribution in [3.8, 4) is 0 Å². The van der Waals surface area contributed by atoms with Crippen molar-refractivity contribution in [1.29, 1.82) is 0 Å². The number of hydrogen-bond donors (Lipinski definition) is 2. The summed E-state index contributed by atoms with van der Waals surface area (Å²) in [6.07, 6.45) is -2.04. The number of nitrogens with zero attached hydrogens (tertiary/aromatic N) is 2. The number of nitrogens with one attached hydrogen (secondary N) is 2. The second-order valence-corrected chi connectivity index (χ2v) is 4.42. The minimum atomic E-state index is -4.12. The van der Waals surface area contributed by atoms with Crippen molar-refractivity contribution in [2.75, 3.05) is 0 Å². The maximum atomic E-state index is 12.4.